The van der Waals surface area contributed by atoms with Crippen LogP contribution in [0, 0.1) is 0 Å². The molecule has 4 nitrogen and oxygen atoms in total. The summed E-state index contributed by atoms with van der Waals surface area (Å²) < 4.78 is 10.7. The van der Waals surface area contributed by atoms with Gasteiger partial charge in [0.2, 0.25) is 0 Å². The highest BCUT2D eigenvalue weighted by Gasteiger charge is 2.21. The molecule has 1 fully saturated rings. The fourth-order valence-corrected chi connectivity index (χ4v) is 2.51. The SMILES string of the molecule is COc1ccc(C(CC2COCCN2)N(C)C)cc1. The molecule has 19 heavy (non-hydrogen) atoms. The van der Waals surface area contributed by atoms with Gasteiger partial charge in [0.1, 0.15) is 5.75 Å². The van der Waals surface area contributed by atoms with Crippen LogP contribution in [0.2, 0.25) is 0 Å². The number of nitrogens with one attached hydrogen (secondary N) is 1. The summed E-state index contributed by atoms with van der Waals surface area (Å²) in [6, 6.07) is 9.17. The Balaban J connectivity index is 2.05. The highest BCUT2D eigenvalue weighted by molar-refractivity contribution is 5.29. The van der Waals surface area contributed by atoms with Crippen LogP contribution >= 0.6 is 0 Å². The van der Waals surface area contributed by atoms with Gasteiger partial charge in [-0.1, -0.05) is 12.1 Å². The van der Waals surface area contributed by atoms with Gasteiger partial charge in [-0.05, 0) is 38.2 Å². The van der Waals surface area contributed by atoms with Gasteiger partial charge in [0, 0.05) is 18.6 Å². The zero-order valence-electron chi connectivity index (χ0n) is 12.1. The molecule has 2 unspecified atom stereocenters. The van der Waals surface area contributed by atoms with Crippen molar-refractivity contribution >= 4 is 0 Å². The van der Waals surface area contributed by atoms with Crippen LogP contribution in [0.25, 0.3) is 0 Å². The van der Waals surface area contributed by atoms with Gasteiger partial charge in [-0.2, -0.15) is 0 Å². The second-order valence-electron chi connectivity index (χ2n) is 5.21. The standard InChI is InChI=1S/C15H24N2O2/c1-17(2)15(10-13-11-19-9-8-16-13)12-4-6-14(18-3)7-5-12/h4-7,13,15-16H,8-11H2,1-3H3. The second-order valence-corrected chi connectivity index (χ2v) is 5.21. The van der Waals surface area contributed by atoms with Crippen LogP contribution in [0.5, 0.6) is 5.75 Å². The van der Waals surface area contributed by atoms with E-state index in [0.717, 1.165) is 31.9 Å². The molecule has 0 spiro atoms. The Morgan fingerprint density at radius 1 is 1.37 bits per heavy atom. The van der Waals surface area contributed by atoms with Crippen molar-refractivity contribution in [2.75, 3.05) is 41.0 Å². The van der Waals surface area contributed by atoms with E-state index >= 15 is 0 Å². The van der Waals surface area contributed by atoms with Gasteiger partial charge in [0.15, 0.2) is 0 Å². The molecule has 2 rings (SSSR count). The van der Waals surface area contributed by atoms with Crippen molar-refractivity contribution in [3.63, 3.8) is 0 Å². The second kappa shape index (κ2) is 6.89. The first-order chi connectivity index (χ1) is 9.20. The highest BCUT2D eigenvalue weighted by Crippen LogP contribution is 2.26. The summed E-state index contributed by atoms with van der Waals surface area (Å²) in [5.41, 5.74) is 1.32. The maximum Gasteiger partial charge on any atom is 0.118 e. The molecule has 1 aliphatic heterocycles. The molecule has 1 aromatic rings. The minimum atomic E-state index is 0.394. The van der Waals surface area contributed by atoms with Crippen molar-refractivity contribution in [3.05, 3.63) is 29.8 Å². The molecule has 1 heterocycles. The summed E-state index contributed by atoms with van der Waals surface area (Å²) in [5, 5.41) is 3.52. The van der Waals surface area contributed by atoms with Gasteiger partial charge in [0.05, 0.1) is 20.3 Å². The lowest BCUT2D eigenvalue weighted by molar-refractivity contribution is 0.0648. The summed E-state index contributed by atoms with van der Waals surface area (Å²) in [6.07, 6.45) is 1.05. The lowest BCUT2D eigenvalue weighted by Crippen LogP contribution is -2.43. The van der Waals surface area contributed by atoms with Crippen molar-refractivity contribution in [1.29, 1.82) is 0 Å². The molecule has 1 aromatic carbocycles. The van der Waals surface area contributed by atoms with Gasteiger partial charge in [-0.25, -0.2) is 0 Å². The van der Waals surface area contributed by atoms with Crippen LogP contribution in [-0.2, 0) is 4.74 Å². The summed E-state index contributed by atoms with van der Waals surface area (Å²) in [7, 11) is 5.94. The third kappa shape index (κ3) is 3.93. The lowest BCUT2D eigenvalue weighted by Gasteiger charge is -2.31. The average molecular weight is 264 g/mol. The Morgan fingerprint density at radius 2 is 2.11 bits per heavy atom. The van der Waals surface area contributed by atoms with E-state index in [0.29, 0.717) is 12.1 Å². The van der Waals surface area contributed by atoms with Gasteiger partial charge < -0.3 is 19.7 Å². The van der Waals surface area contributed by atoms with Gasteiger partial charge in [0.25, 0.3) is 0 Å². The van der Waals surface area contributed by atoms with Crippen LogP contribution in [-0.4, -0.2) is 51.9 Å². The van der Waals surface area contributed by atoms with Gasteiger partial charge in [-0.15, -0.1) is 0 Å². The number of morpholine rings is 1. The first-order valence-electron chi connectivity index (χ1n) is 6.82. The molecule has 0 bridgehead atoms. The van der Waals surface area contributed by atoms with E-state index < -0.39 is 0 Å². The molecule has 4 heteroatoms. The number of rotatable bonds is 5. The summed E-state index contributed by atoms with van der Waals surface area (Å²) in [6.45, 7) is 2.58. The quantitative estimate of drug-likeness (QED) is 0.877. The Morgan fingerprint density at radius 3 is 2.63 bits per heavy atom. The predicted octanol–water partition coefficient (Wildman–Crippen LogP) is 1.68. The molecular weight excluding hydrogens is 240 g/mol. The van der Waals surface area contributed by atoms with Gasteiger partial charge >= 0.3 is 0 Å². The molecule has 1 saturated heterocycles. The van der Waals surface area contributed by atoms with Crippen LogP contribution in [0.1, 0.15) is 18.0 Å². The highest BCUT2D eigenvalue weighted by atomic mass is 16.5. The van der Waals surface area contributed by atoms with E-state index in [2.05, 4.69) is 36.4 Å². The lowest BCUT2D eigenvalue weighted by atomic mass is 9.98. The van der Waals surface area contributed by atoms with E-state index in [1.807, 2.05) is 12.1 Å². The smallest absolute Gasteiger partial charge is 0.118 e. The molecule has 0 amide bonds. The molecule has 1 aliphatic rings. The number of hydrogen-bond donors (Lipinski definition) is 1. The number of hydrogen-bond acceptors (Lipinski definition) is 4. The predicted molar refractivity (Wildman–Crippen MR) is 76.6 cm³/mol. The molecule has 0 radical (unpaired) electrons. The van der Waals surface area contributed by atoms with Crippen LogP contribution < -0.4 is 10.1 Å². The Hall–Kier alpha value is -1.10. The Labute approximate surface area is 115 Å². The van der Waals surface area contributed by atoms with E-state index in [1.165, 1.54) is 5.56 Å². The number of ether oxygens (including phenoxy) is 2. The topological polar surface area (TPSA) is 33.7 Å². The van der Waals surface area contributed by atoms with E-state index in [4.69, 9.17) is 9.47 Å². The molecule has 106 valence electrons. The van der Waals surface area contributed by atoms with Crippen molar-refractivity contribution in [1.82, 2.24) is 10.2 Å². The number of nitrogens with zero attached hydrogens (tertiary/aromatic N) is 1. The van der Waals surface area contributed by atoms with E-state index in [-0.39, 0.29) is 0 Å². The zero-order valence-corrected chi connectivity index (χ0v) is 12.1. The number of benzene rings is 1. The monoisotopic (exact) mass is 264 g/mol. The third-order valence-corrected chi connectivity index (χ3v) is 3.63. The van der Waals surface area contributed by atoms with Gasteiger partial charge in [-0.3, -0.25) is 0 Å². The number of methoxy groups -OCH3 is 1. The maximum absolute atomic E-state index is 5.53. The Kier molecular flexibility index (Phi) is 5.19. The fraction of sp³-hybridized carbons (Fsp3) is 0.600. The van der Waals surface area contributed by atoms with Crippen molar-refractivity contribution in [2.45, 2.75) is 18.5 Å². The van der Waals surface area contributed by atoms with Crippen LogP contribution in [0.15, 0.2) is 24.3 Å². The zero-order chi connectivity index (χ0) is 13.7. The van der Waals surface area contributed by atoms with Crippen molar-refractivity contribution in [2.24, 2.45) is 0 Å². The van der Waals surface area contributed by atoms with Crippen LogP contribution in [0.3, 0.4) is 0 Å². The molecule has 1 N–H and O–H groups in total. The maximum atomic E-state index is 5.53. The fourth-order valence-electron chi connectivity index (χ4n) is 2.51. The average Bonchev–Trinajstić information content (AvgIpc) is 2.46. The first kappa shape index (κ1) is 14.3. The largest absolute Gasteiger partial charge is 0.497 e. The normalized spacial score (nSPS) is 21.4. The summed E-state index contributed by atoms with van der Waals surface area (Å²) in [5.74, 6) is 0.903. The van der Waals surface area contributed by atoms with E-state index in [1.54, 1.807) is 7.11 Å². The minimum Gasteiger partial charge on any atom is -0.497 e. The minimum absolute atomic E-state index is 0.394. The summed E-state index contributed by atoms with van der Waals surface area (Å²) >= 11 is 0. The van der Waals surface area contributed by atoms with Crippen molar-refractivity contribution < 1.29 is 9.47 Å². The van der Waals surface area contributed by atoms with E-state index in [9.17, 15) is 0 Å². The van der Waals surface area contributed by atoms with Crippen LogP contribution in [0.4, 0.5) is 0 Å². The van der Waals surface area contributed by atoms with Crippen molar-refractivity contribution in [3.8, 4) is 5.75 Å². The Bertz CT molecular complexity index is 372. The molecule has 0 saturated carbocycles. The molecule has 0 aliphatic carbocycles. The third-order valence-electron chi connectivity index (χ3n) is 3.63. The first-order valence-corrected chi connectivity index (χ1v) is 6.82. The molecular formula is C15H24N2O2. The summed E-state index contributed by atoms with van der Waals surface area (Å²) in [4.78, 5) is 2.26. The molecule has 2 atom stereocenters. The molecule has 0 aromatic heterocycles.